The first-order chi connectivity index (χ1) is 12.3. The lowest BCUT2D eigenvalue weighted by Gasteiger charge is -2.18. The van der Waals surface area contributed by atoms with Crippen molar-refractivity contribution in [3.63, 3.8) is 0 Å². The summed E-state index contributed by atoms with van der Waals surface area (Å²) < 4.78 is 0. The fraction of sp³-hybridized carbons (Fsp3) is 0.550. The molecule has 4 rings (SSSR count). The molecule has 3 amide bonds. The molecule has 6 heteroatoms. The maximum atomic E-state index is 13.3. The third-order valence-electron chi connectivity index (χ3n) is 6.42. The number of amides is 3. The van der Waals surface area contributed by atoms with Crippen molar-refractivity contribution < 1.29 is 14.4 Å². The van der Waals surface area contributed by atoms with E-state index in [9.17, 15) is 14.4 Å². The van der Waals surface area contributed by atoms with Crippen molar-refractivity contribution in [3.8, 4) is 0 Å². The molecule has 1 aromatic heterocycles. The van der Waals surface area contributed by atoms with Gasteiger partial charge >= 0.3 is 0 Å². The lowest BCUT2D eigenvalue weighted by atomic mass is 9.81. The van der Waals surface area contributed by atoms with Crippen molar-refractivity contribution >= 4 is 34.1 Å². The number of carbonyl (C=O) groups is 3. The Morgan fingerprint density at radius 1 is 1.15 bits per heavy atom. The van der Waals surface area contributed by atoms with E-state index in [0.29, 0.717) is 17.0 Å². The Morgan fingerprint density at radius 2 is 1.69 bits per heavy atom. The van der Waals surface area contributed by atoms with Crippen LogP contribution in [0.3, 0.4) is 0 Å². The molecule has 0 radical (unpaired) electrons. The number of imide groups is 1. The minimum absolute atomic E-state index is 0.141. The average molecular weight is 372 g/mol. The van der Waals surface area contributed by atoms with Crippen molar-refractivity contribution in [1.29, 1.82) is 0 Å². The third kappa shape index (κ3) is 2.05. The topological polar surface area (TPSA) is 80.5 Å². The van der Waals surface area contributed by atoms with E-state index in [0.717, 1.165) is 23.3 Å². The molecule has 0 aromatic carbocycles. The van der Waals surface area contributed by atoms with Gasteiger partial charge in [0.1, 0.15) is 5.00 Å². The van der Waals surface area contributed by atoms with Crippen LogP contribution in [0.2, 0.25) is 0 Å². The number of allylic oxidation sites excluding steroid dienone is 2. The standard InChI is InChI=1S/C20H24N2O3S/c1-5-10-9(4)26-20(16(10)17(21)23)22-18(24)14-11-6-7-12(13(11)8(2)3)15(14)19(22)25/h11-12,14-15H,5-7H2,1-4H3,(H2,21,23)/t11-,12-,14-,15-/m0/s1. The van der Waals surface area contributed by atoms with Gasteiger partial charge in [0.2, 0.25) is 11.8 Å². The Labute approximate surface area is 157 Å². The zero-order valence-electron chi connectivity index (χ0n) is 15.6. The number of aryl methyl sites for hydroxylation is 1. The van der Waals surface area contributed by atoms with E-state index in [-0.39, 0.29) is 35.5 Å². The number of anilines is 1. The molecule has 2 aliphatic carbocycles. The first-order valence-corrected chi connectivity index (χ1v) is 10.1. The van der Waals surface area contributed by atoms with Gasteiger partial charge in [0.05, 0.1) is 17.4 Å². The third-order valence-corrected chi connectivity index (χ3v) is 7.56. The van der Waals surface area contributed by atoms with E-state index in [2.05, 4.69) is 13.8 Å². The SMILES string of the molecule is CCc1c(C)sc(N2C(=O)[C@@H]3[C@@H](C2=O)[C@H]2CC[C@H]3C2=C(C)C)c1C(N)=O. The lowest BCUT2D eigenvalue weighted by Crippen LogP contribution is -2.34. The van der Waals surface area contributed by atoms with Gasteiger partial charge in [-0.05, 0) is 57.4 Å². The highest BCUT2D eigenvalue weighted by atomic mass is 32.1. The molecule has 3 fully saturated rings. The van der Waals surface area contributed by atoms with Crippen LogP contribution in [0.25, 0.3) is 0 Å². The maximum absolute atomic E-state index is 13.3. The van der Waals surface area contributed by atoms with Gasteiger partial charge in [0.25, 0.3) is 5.91 Å². The second-order valence-electron chi connectivity index (χ2n) is 7.84. The van der Waals surface area contributed by atoms with E-state index in [1.165, 1.54) is 27.4 Å². The van der Waals surface area contributed by atoms with Crippen molar-refractivity contribution in [2.24, 2.45) is 29.4 Å². The number of hydrogen-bond donors (Lipinski definition) is 1. The number of nitrogens with two attached hydrogens (primary N) is 1. The normalized spacial score (nSPS) is 29.7. The smallest absolute Gasteiger partial charge is 0.252 e. The average Bonchev–Trinajstić information content (AvgIpc) is 3.27. The highest BCUT2D eigenvalue weighted by Crippen LogP contribution is 2.61. The minimum atomic E-state index is -0.563. The quantitative estimate of drug-likeness (QED) is 0.653. The fourth-order valence-electron chi connectivity index (χ4n) is 5.59. The summed E-state index contributed by atoms with van der Waals surface area (Å²) in [6, 6.07) is 0. The maximum Gasteiger partial charge on any atom is 0.252 e. The number of thiophene rings is 1. The van der Waals surface area contributed by atoms with Crippen LogP contribution in [-0.2, 0) is 16.0 Å². The summed E-state index contributed by atoms with van der Waals surface area (Å²) in [5.41, 5.74) is 9.40. The summed E-state index contributed by atoms with van der Waals surface area (Å²) in [5, 5.41) is 0.439. The Morgan fingerprint density at radius 3 is 2.12 bits per heavy atom. The molecule has 138 valence electrons. The van der Waals surface area contributed by atoms with Crippen LogP contribution in [0, 0.1) is 30.6 Å². The first-order valence-electron chi connectivity index (χ1n) is 9.26. The van der Waals surface area contributed by atoms with Crippen LogP contribution in [0.1, 0.15) is 54.4 Å². The largest absolute Gasteiger partial charge is 0.365 e. The molecule has 3 aliphatic rings. The van der Waals surface area contributed by atoms with Crippen LogP contribution in [0.5, 0.6) is 0 Å². The summed E-state index contributed by atoms with van der Waals surface area (Å²) in [6.45, 7) is 8.02. The second kappa shape index (κ2) is 5.78. The zero-order chi connectivity index (χ0) is 18.9. The Hall–Kier alpha value is -1.95. The van der Waals surface area contributed by atoms with Gasteiger partial charge in [0.15, 0.2) is 0 Å². The monoisotopic (exact) mass is 372 g/mol. The van der Waals surface area contributed by atoms with Crippen LogP contribution in [-0.4, -0.2) is 17.7 Å². The van der Waals surface area contributed by atoms with Crippen molar-refractivity contribution in [3.05, 3.63) is 27.2 Å². The van der Waals surface area contributed by atoms with Gasteiger partial charge in [-0.15, -0.1) is 11.3 Å². The number of carbonyl (C=O) groups excluding carboxylic acids is 3. The summed E-state index contributed by atoms with van der Waals surface area (Å²) in [7, 11) is 0. The molecule has 2 N–H and O–H groups in total. The zero-order valence-corrected chi connectivity index (χ0v) is 16.4. The minimum Gasteiger partial charge on any atom is -0.365 e. The van der Waals surface area contributed by atoms with E-state index in [4.69, 9.17) is 5.73 Å². The molecule has 0 unspecified atom stereocenters. The molecule has 5 nitrogen and oxygen atoms in total. The molecular formula is C20H24N2O3S. The van der Waals surface area contributed by atoms with Gasteiger partial charge < -0.3 is 5.73 Å². The van der Waals surface area contributed by atoms with Crippen LogP contribution >= 0.6 is 11.3 Å². The number of rotatable bonds is 3. The summed E-state index contributed by atoms with van der Waals surface area (Å²) in [5.74, 6) is -1.01. The summed E-state index contributed by atoms with van der Waals surface area (Å²) >= 11 is 1.34. The molecule has 1 aliphatic heterocycles. The highest BCUT2D eigenvalue weighted by molar-refractivity contribution is 7.17. The van der Waals surface area contributed by atoms with Gasteiger partial charge in [-0.2, -0.15) is 0 Å². The van der Waals surface area contributed by atoms with Gasteiger partial charge in [-0.25, -0.2) is 4.90 Å². The molecule has 0 spiro atoms. The molecular weight excluding hydrogens is 348 g/mol. The predicted molar refractivity (Wildman–Crippen MR) is 101 cm³/mol. The van der Waals surface area contributed by atoms with Gasteiger partial charge in [0, 0.05) is 4.88 Å². The van der Waals surface area contributed by atoms with Gasteiger partial charge in [-0.3, -0.25) is 14.4 Å². The predicted octanol–water partition coefficient (Wildman–Crippen LogP) is 3.20. The van der Waals surface area contributed by atoms with E-state index < -0.39 is 5.91 Å². The molecule has 26 heavy (non-hydrogen) atoms. The lowest BCUT2D eigenvalue weighted by molar-refractivity contribution is -0.122. The van der Waals surface area contributed by atoms with E-state index in [1.807, 2.05) is 13.8 Å². The Bertz CT molecular complexity index is 846. The van der Waals surface area contributed by atoms with Crippen LogP contribution in [0.4, 0.5) is 5.00 Å². The van der Waals surface area contributed by atoms with Crippen molar-refractivity contribution in [2.45, 2.75) is 47.0 Å². The molecule has 2 bridgehead atoms. The number of primary amides is 1. The molecule has 1 saturated heterocycles. The molecule has 2 saturated carbocycles. The second-order valence-corrected chi connectivity index (χ2v) is 9.05. The first kappa shape index (κ1) is 17.5. The summed E-state index contributed by atoms with van der Waals surface area (Å²) in [6.07, 6.45) is 2.61. The Balaban J connectivity index is 1.82. The Kier molecular flexibility index (Phi) is 3.88. The fourth-order valence-corrected chi connectivity index (χ4v) is 6.85. The summed E-state index contributed by atoms with van der Waals surface area (Å²) in [4.78, 5) is 40.9. The number of hydrogen-bond acceptors (Lipinski definition) is 4. The van der Waals surface area contributed by atoms with Crippen molar-refractivity contribution in [1.82, 2.24) is 0 Å². The van der Waals surface area contributed by atoms with Crippen LogP contribution < -0.4 is 10.6 Å². The number of nitrogens with zero attached hydrogens (tertiary/aromatic N) is 1. The molecule has 2 heterocycles. The van der Waals surface area contributed by atoms with Gasteiger partial charge in [-0.1, -0.05) is 18.1 Å². The highest BCUT2D eigenvalue weighted by Gasteiger charge is 2.64. The van der Waals surface area contributed by atoms with E-state index in [1.54, 1.807) is 0 Å². The van der Waals surface area contributed by atoms with Crippen LogP contribution in [0.15, 0.2) is 11.1 Å². The van der Waals surface area contributed by atoms with Crippen molar-refractivity contribution in [2.75, 3.05) is 4.90 Å². The number of fused-ring (bicyclic) bond motifs is 5. The molecule has 1 aromatic rings. The molecule has 4 atom stereocenters. The van der Waals surface area contributed by atoms with E-state index >= 15 is 0 Å².